The minimum absolute atomic E-state index is 0.166. The number of nitrogen functional groups attached to an aromatic ring is 1. The van der Waals surface area contributed by atoms with Gasteiger partial charge in [-0.05, 0) is 43.7 Å². The standard InChI is InChI=1S/C16H20N4O/c1-11(2)20(10-12-5-3-6-13(17)9-12)16-14(15(18)21)7-4-8-19-16/h3-9,11H,10,17H2,1-2H3,(H2,18,21). The van der Waals surface area contributed by atoms with Gasteiger partial charge in [0.25, 0.3) is 5.91 Å². The number of nitrogens with two attached hydrogens (primary N) is 2. The van der Waals surface area contributed by atoms with Crippen molar-refractivity contribution in [3.63, 3.8) is 0 Å². The fourth-order valence-electron chi connectivity index (χ4n) is 2.21. The third-order valence-electron chi connectivity index (χ3n) is 3.25. The molecule has 21 heavy (non-hydrogen) atoms. The first-order valence-electron chi connectivity index (χ1n) is 6.85. The smallest absolute Gasteiger partial charge is 0.252 e. The summed E-state index contributed by atoms with van der Waals surface area (Å²) in [5, 5.41) is 0. The Kier molecular flexibility index (Phi) is 4.42. The van der Waals surface area contributed by atoms with Crippen molar-refractivity contribution in [1.29, 1.82) is 0 Å². The molecular formula is C16H20N4O. The van der Waals surface area contributed by atoms with Gasteiger partial charge in [-0.15, -0.1) is 0 Å². The highest BCUT2D eigenvalue weighted by Gasteiger charge is 2.18. The second-order valence-corrected chi connectivity index (χ2v) is 5.21. The predicted molar refractivity (Wildman–Crippen MR) is 84.9 cm³/mol. The fraction of sp³-hybridized carbons (Fsp3) is 0.250. The largest absolute Gasteiger partial charge is 0.399 e. The van der Waals surface area contributed by atoms with Crippen LogP contribution in [-0.2, 0) is 6.54 Å². The number of amides is 1. The number of aromatic nitrogens is 1. The minimum atomic E-state index is -0.476. The number of carbonyl (C=O) groups excluding carboxylic acids is 1. The number of benzene rings is 1. The highest BCUT2D eigenvalue weighted by molar-refractivity contribution is 5.97. The number of anilines is 2. The van der Waals surface area contributed by atoms with Crippen molar-refractivity contribution in [2.24, 2.45) is 5.73 Å². The predicted octanol–water partition coefficient (Wildman–Crippen LogP) is 2.18. The Balaban J connectivity index is 2.38. The average molecular weight is 284 g/mol. The Morgan fingerprint density at radius 3 is 2.67 bits per heavy atom. The van der Waals surface area contributed by atoms with Gasteiger partial charge in [0.15, 0.2) is 0 Å². The minimum Gasteiger partial charge on any atom is -0.399 e. The van der Waals surface area contributed by atoms with Gasteiger partial charge in [0.05, 0.1) is 5.56 Å². The molecule has 0 unspecified atom stereocenters. The maximum absolute atomic E-state index is 11.6. The van der Waals surface area contributed by atoms with Crippen LogP contribution < -0.4 is 16.4 Å². The molecule has 110 valence electrons. The summed E-state index contributed by atoms with van der Waals surface area (Å²) in [6.07, 6.45) is 1.66. The molecule has 5 heteroatoms. The van der Waals surface area contributed by atoms with E-state index >= 15 is 0 Å². The van der Waals surface area contributed by atoms with Gasteiger partial charge in [0.1, 0.15) is 5.82 Å². The Hall–Kier alpha value is -2.56. The molecule has 0 fully saturated rings. The number of pyridine rings is 1. The summed E-state index contributed by atoms with van der Waals surface area (Å²) in [6.45, 7) is 4.71. The molecule has 0 atom stereocenters. The number of nitrogens with zero attached hydrogens (tertiary/aromatic N) is 2. The Labute approximate surface area is 124 Å². The van der Waals surface area contributed by atoms with Gasteiger partial charge in [-0.2, -0.15) is 0 Å². The highest BCUT2D eigenvalue weighted by atomic mass is 16.1. The van der Waals surface area contributed by atoms with Crippen molar-refractivity contribution in [2.75, 3.05) is 10.6 Å². The second-order valence-electron chi connectivity index (χ2n) is 5.21. The maximum atomic E-state index is 11.6. The van der Waals surface area contributed by atoms with Gasteiger partial charge in [-0.3, -0.25) is 4.79 Å². The Bertz CT molecular complexity index is 640. The number of hydrogen-bond acceptors (Lipinski definition) is 4. The van der Waals surface area contributed by atoms with E-state index in [-0.39, 0.29) is 6.04 Å². The summed E-state index contributed by atoms with van der Waals surface area (Å²) in [6, 6.07) is 11.2. The molecule has 1 aromatic heterocycles. The van der Waals surface area contributed by atoms with Gasteiger partial charge in [0.2, 0.25) is 0 Å². The summed E-state index contributed by atoms with van der Waals surface area (Å²) in [7, 11) is 0. The third-order valence-corrected chi connectivity index (χ3v) is 3.25. The summed E-state index contributed by atoms with van der Waals surface area (Å²) in [5.74, 6) is 0.124. The monoisotopic (exact) mass is 284 g/mol. The lowest BCUT2D eigenvalue weighted by molar-refractivity contribution is 0.100. The van der Waals surface area contributed by atoms with Crippen molar-refractivity contribution in [1.82, 2.24) is 4.98 Å². The number of primary amides is 1. The van der Waals surface area contributed by atoms with Crippen LogP contribution >= 0.6 is 0 Å². The maximum Gasteiger partial charge on any atom is 0.252 e. The summed E-state index contributed by atoms with van der Waals surface area (Å²) < 4.78 is 0. The van der Waals surface area contributed by atoms with E-state index in [0.29, 0.717) is 23.6 Å². The van der Waals surface area contributed by atoms with Crippen LogP contribution in [-0.4, -0.2) is 16.9 Å². The van der Waals surface area contributed by atoms with Crippen LogP contribution in [0, 0.1) is 0 Å². The van der Waals surface area contributed by atoms with Gasteiger partial charge < -0.3 is 16.4 Å². The lowest BCUT2D eigenvalue weighted by atomic mass is 10.1. The quantitative estimate of drug-likeness (QED) is 0.824. The van der Waals surface area contributed by atoms with Gasteiger partial charge in [-0.1, -0.05) is 12.1 Å². The molecule has 1 aromatic carbocycles. The first-order valence-corrected chi connectivity index (χ1v) is 6.85. The first kappa shape index (κ1) is 14.8. The van der Waals surface area contributed by atoms with E-state index in [1.807, 2.05) is 43.0 Å². The van der Waals surface area contributed by atoms with E-state index in [9.17, 15) is 4.79 Å². The van der Waals surface area contributed by atoms with Crippen LogP contribution in [0.2, 0.25) is 0 Å². The number of carbonyl (C=O) groups is 1. The molecule has 0 aliphatic carbocycles. The van der Waals surface area contributed by atoms with Crippen LogP contribution in [0.4, 0.5) is 11.5 Å². The van der Waals surface area contributed by atoms with E-state index in [0.717, 1.165) is 5.56 Å². The molecule has 0 radical (unpaired) electrons. The molecule has 1 heterocycles. The second kappa shape index (κ2) is 6.26. The van der Waals surface area contributed by atoms with Crippen molar-refractivity contribution in [3.05, 3.63) is 53.7 Å². The van der Waals surface area contributed by atoms with Crippen molar-refractivity contribution < 1.29 is 4.79 Å². The van der Waals surface area contributed by atoms with Gasteiger partial charge in [0, 0.05) is 24.5 Å². The zero-order valence-electron chi connectivity index (χ0n) is 12.3. The Morgan fingerprint density at radius 1 is 1.29 bits per heavy atom. The third kappa shape index (κ3) is 3.51. The number of rotatable bonds is 5. The molecule has 0 saturated carbocycles. The normalized spacial score (nSPS) is 10.6. The van der Waals surface area contributed by atoms with Crippen LogP contribution in [0.5, 0.6) is 0 Å². The van der Waals surface area contributed by atoms with Crippen molar-refractivity contribution in [2.45, 2.75) is 26.4 Å². The van der Waals surface area contributed by atoms with Crippen LogP contribution in [0.25, 0.3) is 0 Å². The highest BCUT2D eigenvalue weighted by Crippen LogP contribution is 2.22. The van der Waals surface area contributed by atoms with Gasteiger partial charge >= 0.3 is 0 Å². The molecule has 0 saturated heterocycles. The number of hydrogen-bond donors (Lipinski definition) is 2. The molecule has 0 aliphatic heterocycles. The van der Waals surface area contributed by atoms with Crippen LogP contribution in [0.3, 0.4) is 0 Å². The molecule has 0 bridgehead atoms. The molecule has 0 aliphatic rings. The van der Waals surface area contributed by atoms with Crippen molar-refractivity contribution in [3.8, 4) is 0 Å². The van der Waals surface area contributed by atoms with E-state index in [4.69, 9.17) is 11.5 Å². The summed E-state index contributed by atoms with van der Waals surface area (Å²) in [4.78, 5) is 18.0. The summed E-state index contributed by atoms with van der Waals surface area (Å²) >= 11 is 0. The van der Waals surface area contributed by atoms with E-state index in [1.54, 1.807) is 18.3 Å². The summed E-state index contributed by atoms with van der Waals surface area (Å²) in [5.41, 5.74) is 13.5. The molecule has 5 nitrogen and oxygen atoms in total. The SMILES string of the molecule is CC(C)N(Cc1cccc(N)c1)c1ncccc1C(N)=O. The molecule has 1 amide bonds. The lowest BCUT2D eigenvalue weighted by Crippen LogP contribution is -2.33. The van der Waals surface area contributed by atoms with Gasteiger partial charge in [-0.25, -0.2) is 4.98 Å². The van der Waals surface area contributed by atoms with E-state index in [1.165, 1.54) is 0 Å². The van der Waals surface area contributed by atoms with Crippen molar-refractivity contribution >= 4 is 17.4 Å². The fourth-order valence-corrected chi connectivity index (χ4v) is 2.21. The van der Waals surface area contributed by atoms with Crippen LogP contribution in [0.15, 0.2) is 42.6 Å². The molecule has 0 spiro atoms. The van der Waals surface area contributed by atoms with E-state index < -0.39 is 5.91 Å². The lowest BCUT2D eigenvalue weighted by Gasteiger charge is -2.29. The molecule has 2 rings (SSSR count). The van der Waals surface area contributed by atoms with Crippen LogP contribution in [0.1, 0.15) is 29.8 Å². The van der Waals surface area contributed by atoms with E-state index in [2.05, 4.69) is 4.98 Å². The average Bonchev–Trinajstić information content (AvgIpc) is 2.44. The molecule has 4 N–H and O–H groups in total. The first-order chi connectivity index (χ1) is 9.99. The zero-order chi connectivity index (χ0) is 15.4. The topological polar surface area (TPSA) is 85.2 Å². The molecule has 2 aromatic rings. The zero-order valence-corrected chi connectivity index (χ0v) is 12.3. The Morgan fingerprint density at radius 2 is 2.05 bits per heavy atom. The molecular weight excluding hydrogens is 264 g/mol.